The average Bonchev–Trinajstić information content (AvgIpc) is 2.78. The van der Waals surface area contributed by atoms with Gasteiger partial charge in [0.05, 0.1) is 37.7 Å². The summed E-state index contributed by atoms with van der Waals surface area (Å²) in [4.78, 5) is 30.6. The van der Waals surface area contributed by atoms with Gasteiger partial charge in [0.2, 0.25) is 5.95 Å². The molecule has 0 bridgehead atoms. The summed E-state index contributed by atoms with van der Waals surface area (Å²) >= 11 is 0. The monoisotopic (exact) mass is 426 g/mol. The number of anilines is 1. The van der Waals surface area contributed by atoms with Crippen LogP contribution in [0, 0.1) is 6.92 Å². The van der Waals surface area contributed by atoms with E-state index >= 15 is 0 Å². The largest absolute Gasteiger partial charge is 0.467 e. The van der Waals surface area contributed by atoms with Crippen LogP contribution < -0.4 is 16.0 Å². The molecule has 10 heteroatoms. The maximum Gasteiger partial charge on any atom is 0.316 e. The van der Waals surface area contributed by atoms with Gasteiger partial charge in [-0.3, -0.25) is 9.36 Å². The van der Waals surface area contributed by atoms with Crippen molar-refractivity contribution in [2.45, 2.75) is 44.8 Å². The topological polar surface area (TPSA) is 138 Å². The van der Waals surface area contributed by atoms with Crippen LogP contribution in [0.25, 0.3) is 22.2 Å². The van der Waals surface area contributed by atoms with Crippen molar-refractivity contribution in [3.05, 3.63) is 34.5 Å². The number of nitrogen functional groups attached to an aromatic ring is 1. The average molecular weight is 426 g/mol. The smallest absolute Gasteiger partial charge is 0.316 e. The molecule has 3 aromatic heterocycles. The standard InChI is InChI=1S/C21H26N6O4/c1-12-16-9-17(13-10-23-21(30-2)24-11-13)19(29)27(18(16)26-20(22)25-12)14-3-5-15(6-4-14)31-8-7-28/h9-11,14-15,28H,3-8H2,1-2H3,(H2,22,25,26)/t14-,15-. The molecule has 3 aromatic rings. The molecule has 1 aliphatic rings. The quantitative estimate of drug-likeness (QED) is 0.602. The first-order chi connectivity index (χ1) is 15.0. The second kappa shape index (κ2) is 8.94. The molecule has 0 atom stereocenters. The van der Waals surface area contributed by atoms with E-state index in [1.807, 2.05) is 6.92 Å². The van der Waals surface area contributed by atoms with E-state index in [1.165, 1.54) is 7.11 Å². The summed E-state index contributed by atoms with van der Waals surface area (Å²) in [7, 11) is 1.49. The molecule has 0 amide bonds. The zero-order valence-corrected chi connectivity index (χ0v) is 17.6. The zero-order chi connectivity index (χ0) is 22.0. The Morgan fingerprint density at radius 2 is 1.90 bits per heavy atom. The molecule has 1 aliphatic carbocycles. The van der Waals surface area contributed by atoms with E-state index in [9.17, 15) is 4.79 Å². The van der Waals surface area contributed by atoms with Gasteiger partial charge in [0.25, 0.3) is 5.56 Å². The molecule has 10 nitrogen and oxygen atoms in total. The van der Waals surface area contributed by atoms with Crippen LogP contribution in [-0.4, -0.2) is 56.0 Å². The number of nitrogens with two attached hydrogens (primary N) is 1. The first-order valence-corrected chi connectivity index (χ1v) is 10.3. The van der Waals surface area contributed by atoms with Crippen molar-refractivity contribution in [3.8, 4) is 17.1 Å². The lowest BCUT2D eigenvalue weighted by Crippen LogP contribution is -2.32. The van der Waals surface area contributed by atoms with Gasteiger partial charge in [-0.2, -0.15) is 4.98 Å². The number of hydrogen-bond donors (Lipinski definition) is 2. The summed E-state index contributed by atoms with van der Waals surface area (Å²) in [5.74, 6) is 0.138. The van der Waals surface area contributed by atoms with Crippen molar-refractivity contribution in [1.29, 1.82) is 0 Å². The van der Waals surface area contributed by atoms with Crippen LogP contribution in [0.1, 0.15) is 37.4 Å². The number of pyridine rings is 1. The molecule has 31 heavy (non-hydrogen) atoms. The number of aliphatic hydroxyl groups is 1. The Hall–Kier alpha value is -3.11. The van der Waals surface area contributed by atoms with E-state index in [2.05, 4.69) is 19.9 Å². The number of nitrogens with zero attached hydrogens (tertiary/aromatic N) is 5. The molecule has 164 valence electrons. The lowest BCUT2D eigenvalue weighted by molar-refractivity contribution is 0.00169. The molecule has 0 aliphatic heterocycles. The van der Waals surface area contributed by atoms with Gasteiger partial charge in [-0.15, -0.1) is 0 Å². The summed E-state index contributed by atoms with van der Waals surface area (Å²) in [6.07, 6.45) is 6.36. The van der Waals surface area contributed by atoms with Gasteiger partial charge >= 0.3 is 6.01 Å². The minimum absolute atomic E-state index is 0.00543. The van der Waals surface area contributed by atoms with Crippen LogP contribution in [0.2, 0.25) is 0 Å². The molecule has 0 unspecified atom stereocenters. The Kier molecular flexibility index (Phi) is 6.10. The Morgan fingerprint density at radius 1 is 1.19 bits per heavy atom. The minimum Gasteiger partial charge on any atom is -0.467 e. The Balaban J connectivity index is 1.81. The highest BCUT2D eigenvalue weighted by molar-refractivity contribution is 5.83. The van der Waals surface area contributed by atoms with Crippen molar-refractivity contribution >= 4 is 17.0 Å². The van der Waals surface area contributed by atoms with Gasteiger partial charge in [0, 0.05) is 29.4 Å². The van der Waals surface area contributed by atoms with Gasteiger partial charge in [-0.05, 0) is 38.7 Å². The number of rotatable bonds is 6. The SMILES string of the molecule is COc1ncc(-c2cc3c(C)nc(N)nc3n([C@H]3CC[C@H](OCCO)CC3)c2=O)cn1. The highest BCUT2D eigenvalue weighted by atomic mass is 16.5. The molecule has 4 rings (SSSR count). The minimum atomic E-state index is -0.168. The summed E-state index contributed by atoms with van der Waals surface area (Å²) in [5, 5.41) is 9.75. The van der Waals surface area contributed by atoms with Gasteiger partial charge in [0.1, 0.15) is 5.65 Å². The predicted molar refractivity (Wildman–Crippen MR) is 115 cm³/mol. The van der Waals surface area contributed by atoms with E-state index in [0.717, 1.165) is 31.1 Å². The second-order valence-corrected chi connectivity index (χ2v) is 7.62. The van der Waals surface area contributed by atoms with Crippen LogP contribution >= 0.6 is 0 Å². The molecule has 0 aromatic carbocycles. The van der Waals surface area contributed by atoms with Crippen molar-refractivity contribution < 1.29 is 14.6 Å². The zero-order valence-electron chi connectivity index (χ0n) is 17.6. The van der Waals surface area contributed by atoms with Crippen LogP contribution in [-0.2, 0) is 4.74 Å². The maximum atomic E-state index is 13.6. The number of aromatic nitrogens is 5. The molecule has 0 spiro atoms. The van der Waals surface area contributed by atoms with E-state index in [4.69, 9.17) is 20.3 Å². The Bertz CT molecular complexity index is 1120. The molecule has 0 saturated heterocycles. The molecular weight excluding hydrogens is 400 g/mol. The molecule has 3 heterocycles. The van der Waals surface area contributed by atoms with Crippen molar-refractivity contribution in [1.82, 2.24) is 24.5 Å². The van der Waals surface area contributed by atoms with E-state index < -0.39 is 0 Å². The number of ether oxygens (including phenoxy) is 2. The Morgan fingerprint density at radius 3 is 2.55 bits per heavy atom. The second-order valence-electron chi connectivity index (χ2n) is 7.62. The van der Waals surface area contributed by atoms with Crippen LogP contribution in [0.4, 0.5) is 5.95 Å². The highest BCUT2D eigenvalue weighted by Gasteiger charge is 2.27. The maximum absolute atomic E-state index is 13.6. The number of aliphatic hydroxyl groups excluding tert-OH is 1. The van der Waals surface area contributed by atoms with E-state index in [0.29, 0.717) is 29.1 Å². The van der Waals surface area contributed by atoms with Gasteiger partial charge in [-0.25, -0.2) is 15.0 Å². The number of hydrogen-bond acceptors (Lipinski definition) is 9. The lowest BCUT2D eigenvalue weighted by atomic mass is 9.92. The number of aryl methyl sites for hydroxylation is 1. The van der Waals surface area contributed by atoms with Crippen LogP contribution in [0.3, 0.4) is 0 Å². The molecular formula is C21H26N6O4. The fourth-order valence-corrected chi connectivity index (χ4v) is 4.17. The number of methoxy groups -OCH3 is 1. The highest BCUT2D eigenvalue weighted by Crippen LogP contribution is 2.32. The predicted octanol–water partition coefficient (Wildman–Crippen LogP) is 1.64. The summed E-state index contributed by atoms with van der Waals surface area (Å²) in [6, 6.07) is 1.97. The molecule has 3 N–H and O–H groups in total. The molecule has 1 saturated carbocycles. The lowest BCUT2D eigenvalue weighted by Gasteiger charge is -2.30. The van der Waals surface area contributed by atoms with Crippen molar-refractivity contribution in [2.24, 2.45) is 0 Å². The first kappa shape index (κ1) is 21.1. The van der Waals surface area contributed by atoms with Crippen molar-refractivity contribution in [2.75, 3.05) is 26.1 Å². The van der Waals surface area contributed by atoms with Gasteiger partial charge < -0.3 is 20.3 Å². The normalized spacial score (nSPS) is 18.9. The van der Waals surface area contributed by atoms with E-state index in [1.54, 1.807) is 23.0 Å². The van der Waals surface area contributed by atoms with Gasteiger partial charge in [0.15, 0.2) is 0 Å². The number of fused-ring (bicyclic) bond motifs is 1. The third-order valence-electron chi connectivity index (χ3n) is 5.67. The third kappa shape index (κ3) is 4.21. The fourth-order valence-electron chi connectivity index (χ4n) is 4.17. The van der Waals surface area contributed by atoms with Crippen molar-refractivity contribution in [3.63, 3.8) is 0 Å². The summed E-state index contributed by atoms with van der Waals surface area (Å²) < 4.78 is 12.4. The summed E-state index contributed by atoms with van der Waals surface area (Å²) in [5.41, 5.74) is 8.06. The first-order valence-electron chi connectivity index (χ1n) is 10.3. The van der Waals surface area contributed by atoms with Gasteiger partial charge in [-0.1, -0.05) is 0 Å². The van der Waals surface area contributed by atoms with Crippen LogP contribution in [0.5, 0.6) is 6.01 Å². The molecule has 1 fully saturated rings. The molecule has 0 radical (unpaired) electrons. The van der Waals surface area contributed by atoms with Crippen LogP contribution in [0.15, 0.2) is 23.3 Å². The Labute approximate surface area is 179 Å². The fraction of sp³-hybridized carbons (Fsp3) is 0.476. The summed E-state index contributed by atoms with van der Waals surface area (Å²) in [6.45, 7) is 2.18. The van der Waals surface area contributed by atoms with E-state index in [-0.39, 0.29) is 36.3 Å². The third-order valence-corrected chi connectivity index (χ3v) is 5.67.